The van der Waals surface area contributed by atoms with Gasteiger partial charge in [0, 0.05) is 17.5 Å². The van der Waals surface area contributed by atoms with Crippen LogP contribution in [0.1, 0.15) is 10.4 Å². The van der Waals surface area contributed by atoms with E-state index in [1.165, 1.54) is 35.5 Å². The molecule has 0 bridgehead atoms. The van der Waals surface area contributed by atoms with Crippen LogP contribution in [0.4, 0.5) is 10.1 Å². The number of carbonyl (C=O) groups is 2. The molecule has 0 spiro atoms. The van der Waals surface area contributed by atoms with Gasteiger partial charge >= 0.3 is 0 Å². The van der Waals surface area contributed by atoms with E-state index in [-0.39, 0.29) is 24.0 Å². The van der Waals surface area contributed by atoms with Crippen LogP contribution >= 0.6 is 11.3 Å². The molecule has 6 nitrogen and oxygen atoms in total. The van der Waals surface area contributed by atoms with Crippen LogP contribution in [0.25, 0.3) is 5.57 Å². The zero-order valence-corrected chi connectivity index (χ0v) is 18.4. The molecule has 1 aromatic heterocycles. The minimum Gasteiger partial charge on any atom is -0.497 e. The highest BCUT2D eigenvalue weighted by Gasteiger charge is 2.39. The smallest absolute Gasteiger partial charge is 0.278 e. The first-order valence-corrected chi connectivity index (χ1v) is 10.8. The summed E-state index contributed by atoms with van der Waals surface area (Å²) in [6.07, 6.45) is 0.425. The Morgan fingerprint density at radius 3 is 2.44 bits per heavy atom. The molecule has 0 unspecified atom stereocenters. The summed E-state index contributed by atoms with van der Waals surface area (Å²) in [5, 5.41) is 4.96. The maximum Gasteiger partial charge on any atom is 0.278 e. The second kappa shape index (κ2) is 9.23. The second-order valence-corrected chi connectivity index (χ2v) is 8.00. The fourth-order valence-corrected chi connectivity index (χ4v) is 4.24. The highest BCUT2D eigenvalue weighted by Crippen LogP contribution is 2.36. The van der Waals surface area contributed by atoms with Crippen molar-refractivity contribution >= 4 is 34.4 Å². The van der Waals surface area contributed by atoms with E-state index in [1.807, 2.05) is 17.5 Å². The maximum atomic E-state index is 13.3. The van der Waals surface area contributed by atoms with Gasteiger partial charge < -0.3 is 14.8 Å². The number of hydrogen-bond acceptors (Lipinski definition) is 6. The number of amides is 2. The first-order chi connectivity index (χ1) is 15.5. The minimum absolute atomic E-state index is 0.184. The van der Waals surface area contributed by atoms with E-state index in [0.29, 0.717) is 34.1 Å². The van der Waals surface area contributed by atoms with Crippen molar-refractivity contribution in [1.29, 1.82) is 0 Å². The average Bonchev–Trinajstić information content (AvgIpc) is 3.41. The lowest BCUT2D eigenvalue weighted by Gasteiger charge is -2.16. The van der Waals surface area contributed by atoms with Gasteiger partial charge in [-0.05, 0) is 47.7 Å². The van der Waals surface area contributed by atoms with Gasteiger partial charge in [0.1, 0.15) is 23.0 Å². The molecule has 0 fully saturated rings. The number of rotatable bonds is 8. The summed E-state index contributed by atoms with van der Waals surface area (Å²) in [5.41, 5.74) is 1.89. The molecule has 2 heterocycles. The number of hydrogen-bond donors (Lipinski definition) is 1. The van der Waals surface area contributed by atoms with Gasteiger partial charge in [-0.3, -0.25) is 14.5 Å². The number of carbonyl (C=O) groups excluding carboxylic acids is 2. The summed E-state index contributed by atoms with van der Waals surface area (Å²) < 4.78 is 23.8. The Bertz CT molecular complexity index is 1170. The molecule has 1 aliphatic rings. The van der Waals surface area contributed by atoms with Gasteiger partial charge in [-0.15, -0.1) is 11.3 Å². The number of nitrogens with zero attached hydrogens (tertiary/aromatic N) is 1. The van der Waals surface area contributed by atoms with Crippen molar-refractivity contribution in [2.75, 3.05) is 26.1 Å². The van der Waals surface area contributed by atoms with Crippen molar-refractivity contribution in [2.24, 2.45) is 0 Å². The van der Waals surface area contributed by atoms with Gasteiger partial charge in [0.05, 0.1) is 25.5 Å². The molecule has 3 aromatic rings. The molecule has 164 valence electrons. The van der Waals surface area contributed by atoms with E-state index in [2.05, 4.69) is 5.32 Å². The Labute approximate surface area is 188 Å². The summed E-state index contributed by atoms with van der Waals surface area (Å²) in [6, 6.07) is 14.8. The van der Waals surface area contributed by atoms with E-state index in [4.69, 9.17) is 9.47 Å². The van der Waals surface area contributed by atoms with E-state index in [1.54, 1.807) is 37.4 Å². The van der Waals surface area contributed by atoms with Crippen molar-refractivity contribution in [3.05, 3.63) is 81.9 Å². The number of imide groups is 1. The number of nitrogens with one attached hydrogen (secondary N) is 1. The number of halogens is 1. The summed E-state index contributed by atoms with van der Waals surface area (Å²) in [4.78, 5) is 28.5. The van der Waals surface area contributed by atoms with Crippen LogP contribution in [0.2, 0.25) is 0 Å². The van der Waals surface area contributed by atoms with Crippen molar-refractivity contribution in [2.45, 2.75) is 6.42 Å². The summed E-state index contributed by atoms with van der Waals surface area (Å²) in [7, 11) is 3.07. The first kappa shape index (κ1) is 21.6. The lowest BCUT2D eigenvalue weighted by Crippen LogP contribution is -2.34. The molecular formula is C24H21FN2O4S. The summed E-state index contributed by atoms with van der Waals surface area (Å²) >= 11 is 1.38. The summed E-state index contributed by atoms with van der Waals surface area (Å²) in [5.74, 6) is -0.0291. The number of anilines is 1. The van der Waals surface area contributed by atoms with E-state index in [9.17, 15) is 14.0 Å². The van der Waals surface area contributed by atoms with Crippen LogP contribution in [0.15, 0.2) is 65.7 Å². The van der Waals surface area contributed by atoms with E-state index >= 15 is 0 Å². The molecule has 2 aromatic carbocycles. The van der Waals surface area contributed by atoms with Crippen LogP contribution < -0.4 is 14.8 Å². The number of ether oxygens (including phenoxy) is 2. The van der Waals surface area contributed by atoms with Gasteiger partial charge in [0.25, 0.3) is 11.8 Å². The molecule has 0 atom stereocenters. The van der Waals surface area contributed by atoms with Crippen molar-refractivity contribution < 1.29 is 23.5 Å². The zero-order chi connectivity index (χ0) is 22.7. The molecule has 1 aliphatic heterocycles. The lowest BCUT2D eigenvalue weighted by atomic mass is 10.1. The molecule has 2 amide bonds. The van der Waals surface area contributed by atoms with Crippen LogP contribution in [-0.2, 0) is 16.0 Å². The molecule has 4 rings (SSSR count). The molecule has 32 heavy (non-hydrogen) atoms. The highest BCUT2D eigenvalue weighted by molar-refractivity contribution is 7.11. The van der Waals surface area contributed by atoms with Crippen LogP contribution in [-0.4, -0.2) is 37.5 Å². The van der Waals surface area contributed by atoms with Gasteiger partial charge in [-0.2, -0.15) is 0 Å². The molecule has 0 radical (unpaired) electrons. The standard InChI is InChI=1S/C24H21FN2O4S/c1-30-17-9-10-18(19(14-17)31-2)26-22-21(20-4-3-13-32-20)23(28)27(24(22)29)12-11-15-5-7-16(25)8-6-15/h3-10,13-14,26H,11-12H2,1-2H3. The third-order valence-electron chi connectivity index (χ3n) is 5.14. The van der Waals surface area contributed by atoms with E-state index < -0.39 is 5.91 Å². The van der Waals surface area contributed by atoms with Gasteiger partial charge in [-0.25, -0.2) is 4.39 Å². The molecule has 1 N–H and O–H groups in total. The maximum absolute atomic E-state index is 13.3. The Morgan fingerprint density at radius 1 is 1.00 bits per heavy atom. The Kier molecular flexibility index (Phi) is 6.23. The zero-order valence-electron chi connectivity index (χ0n) is 17.6. The predicted octanol–water partition coefficient (Wildman–Crippen LogP) is 4.34. The van der Waals surface area contributed by atoms with Crippen LogP contribution in [0.5, 0.6) is 11.5 Å². The van der Waals surface area contributed by atoms with Crippen molar-refractivity contribution in [1.82, 2.24) is 4.90 Å². The Morgan fingerprint density at radius 2 is 1.78 bits per heavy atom. The molecular weight excluding hydrogens is 431 g/mol. The second-order valence-electron chi connectivity index (χ2n) is 7.06. The minimum atomic E-state index is -0.418. The lowest BCUT2D eigenvalue weighted by molar-refractivity contribution is -0.136. The van der Waals surface area contributed by atoms with E-state index in [0.717, 1.165) is 5.56 Å². The normalized spacial score (nSPS) is 13.7. The van der Waals surface area contributed by atoms with Gasteiger partial charge in [-0.1, -0.05) is 18.2 Å². The largest absolute Gasteiger partial charge is 0.497 e. The topological polar surface area (TPSA) is 67.9 Å². The Hall–Kier alpha value is -3.65. The third kappa shape index (κ3) is 4.22. The van der Waals surface area contributed by atoms with Gasteiger partial charge in [0.2, 0.25) is 0 Å². The average molecular weight is 453 g/mol. The molecule has 8 heteroatoms. The molecule has 0 aliphatic carbocycles. The number of benzene rings is 2. The highest BCUT2D eigenvalue weighted by atomic mass is 32.1. The first-order valence-electron chi connectivity index (χ1n) is 9.89. The third-order valence-corrected chi connectivity index (χ3v) is 6.03. The van der Waals surface area contributed by atoms with Gasteiger partial charge in [0.15, 0.2) is 0 Å². The van der Waals surface area contributed by atoms with Crippen LogP contribution in [0, 0.1) is 5.82 Å². The fourth-order valence-electron chi connectivity index (χ4n) is 3.47. The van der Waals surface area contributed by atoms with Crippen LogP contribution in [0.3, 0.4) is 0 Å². The number of methoxy groups -OCH3 is 2. The fraction of sp³-hybridized carbons (Fsp3) is 0.167. The quantitative estimate of drug-likeness (QED) is 0.515. The molecule has 0 saturated heterocycles. The number of thiophene rings is 1. The predicted molar refractivity (Wildman–Crippen MR) is 121 cm³/mol. The SMILES string of the molecule is COc1ccc(NC2=C(c3cccs3)C(=O)N(CCc3ccc(F)cc3)C2=O)c(OC)c1. The van der Waals surface area contributed by atoms with Crippen molar-refractivity contribution in [3.63, 3.8) is 0 Å². The molecule has 0 saturated carbocycles. The Balaban J connectivity index is 1.64. The van der Waals surface area contributed by atoms with Crippen molar-refractivity contribution in [3.8, 4) is 11.5 Å². The summed E-state index contributed by atoms with van der Waals surface area (Å²) in [6.45, 7) is 0.184. The monoisotopic (exact) mass is 452 g/mol.